The quantitative estimate of drug-likeness (QED) is 0.453. The van der Waals surface area contributed by atoms with Crippen molar-refractivity contribution in [2.45, 2.75) is 72.0 Å². The molecule has 0 aromatic heterocycles. The van der Waals surface area contributed by atoms with Gasteiger partial charge in [-0.05, 0) is 66.0 Å². The van der Waals surface area contributed by atoms with Crippen molar-refractivity contribution in [2.75, 3.05) is 11.4 Å². The summed E-state index contributed by atoms with van der Waals surface area (Å²) in [4.78, 5) is 15.7. The molecule has 4 heteroatoms. The van der Waals surface area contributed by atoms with Crippen molar-refractivity contribution in [2.24, 2.45) is 0 Å². The van der Waals surface area contributed by atoms with Gasteiger partial charge in [-0.25, -0.2) is 0 Å². The maximum absolute atomic E-state index is 13.8. The number of halogens is 1. The molecule has 0 bridgehead atoms. The maximum Gasteiger partial charge on any atom is 0.264 e. The Balaban J connectivity index is 1.93. The number of carbonyl (C=O) groups excluding carboxylic acids is 1. The van der Waals surface area contributed by atoms with E-state index in [0.717, 1.165) is 35.0 Å². The van der Waals surface area contributed by atoms with Gasteiger partial charge in [0.25, 0.3) is 5.91 Å². The molecule has 2 aliphatic heterocycles. The molecule has 3 nitrogen and oxygen atoms in total. The average molecular weight is 458 g/mol. The predicted molar refractivity (Wildman–Crippen MR) is 124 cm³/mol. The highest BCUT2D eigenvalue weighted by Crippen LogP contribution is 2.51. The summed E-state index contributed by atoms with van der Waals surface area (Å²) in [6.45, 7) is 11.1. The molecule has 1 spiro atoms. The van der Waals surface area contributed by atoms with Crippen molar-refractivity contribution < 1.29 is 9.53 Å². The summed E-state index contributed by atoms with van der Waals surface area (Å²) in [6.07, 6.45) is 10.1. The van der Waals surface area contributed by atoms with Gasteiger partial charge in [0.2, 0.25) is 0 Å². The Hall–Kier alpha value is -1.65. The third-order valence-electron chi connectivity index (χ3n) is 5.72. The topological polar surface area (TPSA) is 29.5 Å². The van der Waals surface area contributed by atoms with Crippen LogP contribution >= 0.6 is 15.9 Å². The van der Waals surface area contributed by atoms with E-state index >= 15 is 0 Å². The number of anilines is 1. The number of ether oxygens (including phenoxy) is 1. The monoisotopic (exact) mass is 457 g/mol. The molecule has 0 radical (unpaired) electrons. The van der Waals surface area contributed by atoms with Gasteiger partial charge in [0.1, 0.15) is 0 Å². The number of hydrogen-bond donors (Lipinski definition) is 0. The zero-order valence-electron chi connectivity index (χ0n) is 18.2. The van der Waals surface area contributed by atoms with E-state index in [1.165, 1.54) is 16.7 Å². The maximum atomic E-state index is 13.8. The summed E-state index contributed by atoms with van der Waals surface area (Å²) in [5.41, 5.74) is 4.85. The highest BCUT2D eigenvalue weighted by molar-refractivity contribution is 9.10. The summed E-state index contributed by atoms with van der Waals surface area (Å²) >= 11 is 3.71. The Morgan fingerprint density at radius 1 is 1.31 bits per heavy atom. The number of hydrogen-bond acceptors (Lipinski definition) is 2. The fraction of sp³-hybridized carbons (Fsp3) is 0.480. The molecule has 1 aromatic rings. The molecule has 0 saturated carbocycles. The van der Waals surface area contributed by atoms with Gasteiger partial charge in [-0.2, -0.15) is 0 Å². The number of allylic oxidation sites excluding steroid dienone is 3. The average Bonchev–Trinajstić information content (AvgIpc) is 2.76. The minimum absolute atomic E-state index is 0.00217. The standard InChI is InChI=1S/C25H32BrNO2/c1-17(2)8-6-9-18(3)14-15-27-22-11-7-10-21(26)23(22)25(24(27)28)16-19(4)12-13-20(5)29-25/h7-8,10-12,14,20H,6,9,13,15-16H2,1-5H3. The number of carbonyl (C=O) groups is 1. The molecular formula is C25H32BrNO2. The number of amides is 1. The van der Waals surface area contributed by atoms with Crippen LogP contribution in [0.15, 0.2) is 57.6 Å². The summed E-state index contributed by atoms with van der Waals surface area (Å²) in [7, 11) is 0. The lowest BCUT2D eigenvalue weighted by Crippen LogP contribution is -2.44. The smallest absolute Gasteiger partial charge is 0.264 e. The second-order valence-corrected chi connectivity index (χ2v) is 9.49. The first-order valence-corrected chi connectivity index (χ1v) is 11.3. The molecule has 0 aliphatic carbocycles. The van der Waals surface area contributed by atoms with Gasteiger partial charge in [-0.3, -0.25) is 4.79 Å². The van der Waals surface area contributed by atoms with Crippen LogP contribution in [0.3, 0.4) is 0 Å². The Labute approximate surface area is 183 Å². The molecule has 2 aliphatic rings. The van der Waals surface area contributed by atoms with Crippen molar-refractivity contribution in [3.63, 3.8) is 0 Å². The van der Waals surface area contributed by atoms with Gasteiger partial charge < -0.3 is 9.64 Å². The van der Waals surface area contributed by atoms with Crippen molar-refractivity contribution >= 4 is 27.5 Å². The molecule has 2 heterocycles. The van der Waals surface area contributed by atoms with Crippen molar-refractivity contribution in [3.05, 3.63) is 63.2 Å². The Kier molecular flexibility index (Phi) is 6.85. The van der Waals surface area contributed by atoms with Crippen LogP contribution < -0.4 is 4.90 Å². The van der Waals surface area contributed by atoms with Crippen LogP contribution in [0, 0.1) is 0 Å². The Bertz CT molecular complexity index is 879. The molecule has 2 unspecified atom stereocenters. The van der Waals surface area contributed by atoms with Crippen molar-refractivity contribution in [3.8, 4) is 0 Å². The first-order chi connectivity index (χ1) is 13.7. The SMILES string of the molecule is CC(C)=CCCC(C)=CCN1C(=O)C2(CC(C)=CCC(C)O2)c2c(Br)cccc21. The molecule has 0 fully saturated rings. The van der Waals surface area contributed by atoms with Crippen LogP contribution in [0.25, 0.3) is 0 Å². The first kappa shape index (κ1) is 22.0. The van der Waals surface area contributed by atoms with Gasteiger partial charge in [0.05, 0.1) is 11.8 Å². The zero-order chi connectivity index (χ0) is 21.2. The highest BCUT2D eigenvalue weighted by atomic mass is 79.9. The van der Waals surface area contributed by atoms with E-state index < -0.39 is 5.60 Å². The molecule has 3 rings (SSSR count). The Morgan fingerprint density at radius 3 is 2.79 bits per heavy atom. The van der Waals surface area contributed by atoms with Gasteiger partial charge in [-0.15, -0.1) is 0 Å². The summed E-state index contributed by atoms with van der Waals surface area (Å²) in [5.74, 6) is 0.0502. The van der Waals surface area contributed by atoms with E-state index in [0.29, 0.717) is 13.0 Å². The van der Waals surface area contributed by atoms with Gasteiger partial charge in [0.15, 0.2) is 5.60 Å². The van der Waals surface area contributed by atoms with Crippen molar-refractivity contribution in [1.29, 1.82) is 0 Å². The highest BCUT2D eigenvalue weighted by Gasteiger charge is 2.54. The zero-order valence-corrected chi connectivity index (χ0v) is 19.8. The molecule has 0 saturated heterocycles. The summed E-state index contributed by atoms with van der Waals surface area (Å²) in [5, 5.41) is 0. The molecule has 1 aromatic carbocycles. The van der Waals surface area contributed by atoms with Gasteiger partial charge in [0, 0.05) is 23.0 Å². The molecular weight excluding hydrogens is 426 g/mol. The lowest BCUT2D eigenvalue weighted by Gasteiger charge is -2.31. The van der Waals surface area contributed by atoms with Crippen LogP contribution in [0.1, 0.15) is 65.9 Å². The number of benzene rings is 1. The largest absolute Gasteiger partial charge is 0.357 e. The van der Waals surface area contributed by atoms with Gasteiger partial charge >= 0.3 is 0 Å². The second-order valence-electron chi connectivity index (χ2n) is 8.64. The fourth-order valence-corrected chi connectivity index (χ4v) is 4.91. The lowest BCUT2D eigenvalue weighted by molar-refractivity contribution is -0.150. The molecule has 1 amide bonds. The van der Waals surface area contributed by atoms with Gasteiger partial charge in [-0.1, -0.05) is 56.9 Å². The lowest BCUT2D eigenvalue weighted by atomic mass is 9.88. The van der Waals surface area contributed by atoms with Crippen LogP contribution in [-0.4, -0.2) is 18.6 Å². The second kappa shape index (κ2) is 9.01. The van der Waals surface area contributed by atoms with Crippen LogP contribution in [-0.2, 0) is 15.1 Å². The summed E-state index contributed by atoms with van der Waals surface area (Å²) < 4.78 is 7.42. The van der Waals surface area contributed by atoms with E-state index in [1.54, 1.807) is 0 Å². The van der Waals surface area contributed by atoms with Crippen LogP contribution in [0.5, 0.6) is 0 Å². The first-order valence-electron chi connectivity index (χ1n) is 10.5. The third kappa shape index (κ3) is 4.59. The van der Waals surface area contributed by atoms with Crippen molar-refractivity contribution in [1.82, 2.24) is 0 Å². The van der Waals surface area contributed by atoms with E-state index in [-0.39, 0.29) is 12.0 Å². The molecule has 0 N–H and O–H groups in total. The summed E-state index contributed by atoms with van der Waals surface area (Å²) in [6, 6.07) is 6.04. The number of nitrogens with zero attached hydrogens (tertiary/aromatic N) is 1. The van der Waals surface area contributed by atoms with E-state index in [1.807, 2.05) is 23.1 Å². The number of fused-ring (bicyclic) bond motifs is 2. The number of rotatable bonds is 5. The molecule has 156 valence electrons. The van der Waals surface area contributed by atoms with E-state index in [4.69, 9.17) is 4.74 Å². The van der Waals surface area contributed by atoms with E-state index in [9.17, 15) is 4.79 Å². The fourth-order valence-electron chi connectivity index (χ4n) is 4.23. The van der Waals surface area contributed by atoms with Crippen LogP contribution in [0.2, 0.25) is 0 Å². The minimum atomic E-state index is -0.935. The predicted octanol–water partition coefficient (Wildman–Crippen LogP) is 6.83. The molecule has 2 atom stereocenters. The van der Waals surface area contributed by atoms with Crippen LogP contribution in [0.4, 0.5) is 5.69 Å². The van der Waals surface area contributed by atoms with E-state index in [2.05, 4.69) is 68.8 Å². The minimum Gasteiger partial charge on any atom is -0.357 e. The third-order valence-corrected chi connectivity index (χ3v) is 6.38. The Morgan fingerprint density at radius 2 is 2.07 bits per heavy atom. The normalized spacial score (nSPS) is 24.4. The molecule has 29 heavy (non-hydrogen) atoms.